The molecule has 1 unspecified atom stereocenters. The third-order valence-corrected chi connectivity index (χ3v) is 3.90. The number of halogens is 1. The standard InChI is InChI=1S/C20H25FN2O/c1-4-16(13-21)15-24-20-12-9-18(14-22-20)6-5-17-7-10-19(11-8-17)23(2)3/h5-12,14,16H,4,13,15H2,1-3H3/b6-5+/i21-1. The van der Waals surface area contributed by atoms with Crippen molar-refractivity contribution in [3.8, 4) is 5.88 Å². The van der Waals surface area contributed by atoms with Gasteiger partial charge in [-0.15, -0.1) is 0 Å². The summed E-state index contributed by atoms with van der Waals surface area (Å²) in [4.78, 5) is 6.34. The van der Waals surface area contributed by atoms with Crippen LogP contribution >= 0.6 is 0 Å². The Bertz CT molecular complexity index is 632. The van der Waals surface area contributed by atoms with Gasteiger partial charge in [-0.3, -0.25) is 4.39 Å². The molecule has 0 aliphatic rings. The number of benzene rings is 1. The van der Waals surface area contributed by atoms with Gasteiger partial charge < -0.3 is 9.64 Å². The van der Waals surface area contributed by atoms with Crippen molar-refractivity contribution in [2.75, 3.05) is 32.3 Å². The minimum absolute atomic E-state index is 0.0588. The van der Waals surface area contributed by atoms with Gasteiger partial charge in [-0.1, -0.05) is 31.2 Å². The van der Waals surface area contributed by atoms with Crippen molar-refractivity contribution >= 4 is 17.8 Å². The lowest BCUT2D eigenvalue weighted by molar-refractivity contribution is 0.206. The smallest absolute Gasteiger partial charge is 0.213 e. The van der Waals surface area contributed by atoms with Crippen molar-refractivity contribution in [2.45, 2.75) is 13.3 Å². The fourth-order valence-electron chi connectivity index (χ4n) is 2.13. The topological polar surface area (TPSA) is 25.4 Å². The van der Waals surface area contributed by atoms with Crippen LogP contribution in [0.5, 0.6) is 5.88 Å². The number of hydrogen-bond donors (Lipinski definition) is 0. The predicted molar refractivity (Wildman–Crippen MR) is 99.2 cm³/mol. The van der Waals surface area contributed by atoms with Gasteiger partial charge in [0.05, 0.1) is 13.3 Å². The van der Waals surface area contributed by atoms with Crippen LogP contribution in [0, 0.1) is 5.92 Å². The van der Waals surface area contributed by atoms with Crippen molar-refractivity contribution in [1.82, 2.24) is 4.98 Å². The lowest BCUT2D eigenvalue weighted by atomic mass is 10.1. The molecule has 0 bridgehead atoms. The number of alkyl halides is 1. The zero-order chi connectivity index (χ0) is 17.4. The number of anilines is 1. The van der Waals surface area contributed by atoms with Crippen LogP contribution in [-0.2, 0) is 0 Å². The maximum atomic E-state index is 12.6. The average Bonchev–Trinajstić information content (AvgIpc) is 2.62. The molecular formula is C20H25FN2O. The normalized spacial score (nSPS) is 12.3. The van der Waals surface area contributed by atoms with Crippen LogP contribution in [0.25, 0.3) is 12.2 Å². The summed E-state index contributed by atoms with van der Waals surface area (Å²) in [7, 11) is 4.05. The van der Waals surface area contributed by atoms with Crippen LogP contribution in [0.1, 0.15) is 24.5 Å². The van der Waals surface area contributed by atoms with E-state index in [1.165, 1.54) is 5.69 Å². The van der Waals surface area contributed by atoms with Gasteiger partial charge in [-0.05, 0) is 35.7 Å². The molecular weight excluding hydrogens is 302 g/mol. The lowest BCUT2D eigenvalue weighted by Crippen LogP contribution is -2.13. The molecule has 0 aliphatic carbocycles. The van der Waals surface area contributed by atoms with E-state index < -0.39 is 0 Å². The highest BCUT2D eigenvalue weighted by Gasteiger charge is 2.06. The summed E-state index contributed by atoms with van der Waals surface area (Å²) in [5.74, 6) is 0.478. The number of rotatable bonds is 8. The van der Waals surface area contributed by atoms with Crippen molar-refractivity contribution in [3.05, 3.63) is 53.7 Å². The fourth-order valence-corrected chi connectivity index (χ4v) is 2.13. The second-order valence-electron chi connectivity index (χ2n) is 5.99. The van der Waals surface area contributed by atoms with Crippen LogP contribution < -0.4 is 9.64 Å². The zero-order valence-corrected chi connectivity index (χ0v) is 14.6. The molecule has 0 spiro atoms. The largest absolute Gasteiger partial charge is 0.477 e. The summed E-state index contributed by atoms with van der Waals surface area (Å²) in [5, 5.41) is 0. The van der Waals surface area contributed by atoms with Gasteiger partial charge in [0.15, 0.2) is 0 Å². The number of nitrogens with zero attached hydrogens (tertiary/aromatic N) is 2. The molecule has 0 radical (unpaired) electrons. The van der Waals surface area contributed by atoms with E-state index in [0.717, 1.165) is 17.5 Å². The average molecular weight is 327 g/mol. The maximum absolute atomic E-state index is 12.6. The lowest BCUT2D eigenvalue weighted by Gasteiger charge is -2.12. The Hall–Kier alpha value is -2.36. The molecule has 128 valence electrons. The molecule has 2 rings (SSSR count). The van der Waals surface area contributed by atoms with Crippen molar-refractivity contribution in [1.29, 1.82) is 0 Å². The molecule has 0 aliphatic heterocycles. The molecule has 1 heterocycles. The highest BCUT2D eigenvalue weighted by molar-refractivity contribution is 5.70. The monoisotopic (exact) mass is 327 g/mol. The molecule has 0 saturated heterocycles. The minimum Gasteiger partial charge on any atom is -0.477 e. The van der Waals surface area contributed by atoms with E-state index in [1.54, 1.807) is 6.20 Å². The molecule has 0 saturated carbocycles. The summed E-state index contributed by atoms with van der Waals surface area (Å²) >= 11 is 0. The maximum Gasteiger partial charge on any atom is 0.213 e. The molecule has 1 aromatic carbocycles. The van der Waals surface area contributed by atoms with E-state index in [-0.39, 0.29) is 12.6 Å². The van der Waals surface area contributed by atoms with Crippen LogP contribution in [0.3, 0.4) is 0 Å². The predicted octanol–water partition coefficient (Wildman–Crippen LogP) is 4.69. The van der Waals surface area contributed by atoms with Crippen LogP contribution in [0.15, 0.2) is 42.6 Å². The summed E-state index contributed by atoms with van der Waals surface area (Å²) in [6, 6.07) is 12.1. The number of aromatic nitrogens is 1. The summed E-state index contributed by atoms with van der Waals surface area (Å²) < 4.78 is 18.2. The molecule has 1 atom stereocenters. The number of ether oxygens (including phenoxy) is 1. The Labute approximate surface area is 143 Å². The first-order valence-electron chi connectivity index (χ1n) is 8.22. The summed E-state index contributed by atoms with van der Waals surface area (Å²) in [5.41, 5.74) is 3.31. The summed E-state index contributed by atoms with van der Waals surface area (Å²) in [6.45, 7) is 1.97. The highest BCUT2D eigenvalue weighted by atomic mass is 18.2. The van der Waals surface area contributed by atoms with Gasteiger partial charge in [-0.25, -0.2) is 4.98 Å². The van der Waals surface area contributed by atoms with Gasteiger partial charge in [-0.2, -0.15) is 0 Å². The Morgan fingerprint density at radius 3 is 2.29 bits per heavy atom. The summed E-state index contributed by atoms with van der Waals surface area (Å²) in [6.07, 6.45) is 6.59. The Balaban J connectivity index is 1.93. The fraction of sp³-hybridized carbons (Fsp3) is 0.350. The molecule has 3 nitrogen and oxygen atoms in total. The molecule has 0 fully saturated rings. The molecule has 0 amide bonds. The Morgan fingerprint density at radius 1 is 1.08 bits per heavy atom. The van der Waals surface area contributed by atoms with Crippen molar-refractivity contribution < 1.29 is 9.13 Å². The van der Waals surface area contributed by atoms with E-state index in [0.29, 0.717) is 12.5 Å². The third-order valence-electron chi connectivity index (χ3n) is 3.90. The van der Waals surface area contributed by atoms with Crippen LogP contribution in [0.4, 0.5) is 10.1 Å². The molecule has 4 heteroatoms. The van der Waals surface area contributed by atoms with E-state index >= 15 is 0 Å². The first-order chi connectivity index (χ1) is 11.6. The highest BCUT2D eigenvalue weighted by Crippen LogP contribution is 2.16. The zero-order valence-electron chi connectivity index (χ0n) is 14.6. The molecule has 0 N–H and O–H groups in total. The Morgan fingerprint density at radius 2 is 1.75 bits per heavy atom. The van der Waals surface area contributed by atoms with Crippen LogP contribution in [0.2, 0.25) is 0 Å². The molecule has 24 heavy (non-hydrogen) atoms. The first kappa shape index (κ1) is 18.0. The van der Waals surface area contributed by atoms with Gasteiger partial charge in [0.25, 0.3) is 0 Å². The second kappa shape index (κ2) is 9.06. The van der Waals surface area contributed by atoms with Gasteiger partial charge in [0.1, 0.15) is 0 Å². The second-order valence-corrected chi connectivity index (χ2v) is 5.99. The molecule has 1 aromatic heterocycles. The van der Waals surface area contributed by atoms with Crippen LogP contribution in [-0.4, -0.2) is 32.4 Å². The van der Waals surface area contributed by atoms with E-state index in [1.807, 2.05) is 45.3 Å². The van der Waals surface area contributed by atoms with E-state index in [2.05, 4.69) is 34.1 Å². The van der Waals surface area contributed by atoms with E-state index in [4.69, 9.17) is 4.74 Å². The van der Waals surface area contributed by atoms with Crippen molar-refractivity contribution in [2.24, 2.45) is 5.92 Å². The Kier molecular flexibility index (Phi) is 6.79. The van der Waals surface area contributed by atoms with Gasteiger partial charge in [0.2, 0.25) is 5.88 Å². The first-order valence-corrected chi connectivity index (χ1v) is 8.22. The molecule has 2 aromatic rings. The minimum atomic E-state index is -0.357. The third kappa shape index (κ3) is 5.37. The van der Waals surface area contributed by atoms with Gasteiger partial charge in [0, 0.05) is 38.0 Å². The number of pyridine rings is 1. The van der Waals surface area contributed by atoms with E-state index in [9.17, 15) is 4.39 Å². The van der Waals surface area contributed by atoms with Crippen molar-refractivity contribution in [3.63, 3.8) is 0 Å². The number of hydrogen-bond acceptors (Lipinski definition) is 3. The SMILES string of the molecule is CCC(C[18F])COc1ccc(/C=C/c2ccc(N(C)C)cc2)cn1. The quantitative estimate of drug-likeness (QED) is 0.703. The van der Waals surface area contributed by atoms with Gasteiger partial charge >= 0.3 is 0 Å².